The number of hydrogen-bond donors (Lipinski definition) is 2. The largest absolute Gasteiger partial charge is 0.370 e. The van der Waals surface area contributed by atoms with E-state index < -0.39 is 0 Å². The zero-order valence-electron chi connectivity index (χ0n) is 12.7. The molecule has 0 saturated carbocycles. The van der Waals surface area contributed by atoms with Crippen LogP contribution in [-0.2, 0) is 13.0 Å². The van der Waals surface area contributed by atoms with E-state index in [0.29, 0.717) is 18.4 Å². The molecule has 3 N–H and O–H groups in total. The number of aliphatic imine (C=N–C) groups is 1. The van der Waals surface area contributed by atoms with Crippen LogP contribution in [0.5, 0.6) is 0 Å². The number of nitrogens with one attached hydrogen (secondary N) is 1. The van der Waals surface area contributed by atoms with Crippen molar-refractivity contribution in [2.45, 2.75) is 26.8 Å². The van der Waals surface area contributed by atoms with Crippen molar-refractivity contribution < 1.29 is 0 Å². The Morgan fingerprint density at radius 2 is 2.14 bits per heavy atom. The molecule has 112 valence electrons. The summed E-state index contributed by atoms with van der Waals surface area (Å²) in [4.78, 5) is 4.38. The van der Waals surface area contributed by atoms with Crippen LogP contribution in [0.15, 0.2) is 47.7 Å². The molecule has 0 aliphatic heterocycles. The Morgan fingerprint density at radius 3 is 2.76 bits per heavy atom. The van der Waals surface area contributed by atoms with E-state index in [2.05, 4.69) is 41.4 Å². The molecule has 2 rings (SSSR count). The van der Waals surface area contributed by atoms with Gasteiger partial charge in [-0.05, 0) is 36.1 Å². The Labute approximate surface area is 125 Å². The van der Waals surface area contributed by atoms with E-state index in [-0.39, 0.29) is 0 Å². The van der Waals surface area contributed by atoms with Gasteiger partial charge in [-0.2, -0.15) is 5.10 Å². The van der Waals surface area contributed by atoms with E-state index in [0.717, 1.165) is 18.7 Å². The van der Waals surface area contributed by atoms with Gasteiger partial charge in [-0.3, -0.25) is 9.67 Å². The van der Waals surface area contributed by atoms with Gasteiger partial charge in [0.05, 0.1) is 0 Å². The topological polar surface area (TPSA) is 68.2 Å². The second kappa shape index (κ2) is 7.47. The Kier molecular flexibility index (Phi) is 5.37. The van der Waals surface area contributed by atoms with E-state index in [1.165, 1.54) is 5.56 Å². The minimum atomic E-state index is 0.382. The number of anilines is 1. The number of aromatic nitrogens is 2. The summed E-state index contributed by atoms with van der Waals surface area (Å²) in [7, 11) is 0. The highest BCUT2D eigenvalue weighted by molar-refractivity contribution is 5.92. The minimum absolute atomic E-state index is 0.382. The zero-order valence-corrected chi connectivity index (χ0v) is 12.7. The van der Waals surface area contributed by atoms with Gasteiger partial charge >= 0.3 is 0 Å². The summed E-state index contributed by atoms with van der Waals surface area (Å²) in [6.07, 6.45) is 4.78. The summed E-state index contributed by atoms with van der Waals surface area (Å²) < 4.78 is 1.91. The van der Waals surface area contributed by atoms with Crippen LogP contribution in [0, 0.1) is 5.92 Å². The highest BCUT2D eigenvalue weighted by Gasteiger charge is 2.03. The molecule has 0 amide bonds. The van der Waals surface area contributed by atoms with Crippen molar-refractivity contribution in [2.24, 2.45) is 16.6 Å². The summed E-state index contributed by atoms with van der Waals surface area (Å²) in [5.74, 6) is 0.833. The predicted octanol–water partition coefficient (Wildman–Crippen LogP) is 2.51. The monoisotopic (exact) mass is 285 g/mol. The van der Waals surface area contributed by atoms with Crippen LogP contribution in [0.4, 0.5) is 5.69 Å². The first kappa shape index (κ1) is 15.1. The lowest BCUT2D eigenvalue weighted by atomic mass is 10.1. The Bertz CT molecular complexity index is 557. The van der Waals surface area contributed by atoms with Crippen LogP contribution >= 0.6 is 0 Å². The van der Waals surface area contributed by atoms with E-state index >= 15 is 0 Å². The molecule has 5 nitrogen and oxygen atoms in total. The second-order valence-electron chi connectivity index (χ2n) is 5.23. The van der Waals surface area contributed by atoms with Gasteiger partial charge in [0.1, 0.15) is 0 Å². The van der Waals surface area contributed by atoms with Crippen molar-refractivity contribution in [3.63, 3.8) is 0 Å². The highest BCUT2D eigenvalue weighted by atomic mass is 15.3. The lowest BCUT2D eigenvalue weighted by Gasteiger charge is -2.10. The molecule has 0 saturated heterocycles. The van der Waals surface area contributed by atoms with E-state index in [1.54, 1.807) is 6.20 Å². The smallest absolute Gasteiger partial charge is 0.193 e. The van der Waals surface area contributed by atoms with E-state index in [4.69, 9.17) is 5.73 Å². The first-order valence-corrected chi connectivity index (χ1v) is 7.30. The molecular weight excluding hydrogens is 262 g/mol. The summed E-state index contributed by atoms with van der Waals surface area (Å²) in [6, 6.07) is 10.2. The summed E-state index contributed by atoms with van der Waals surface area (Å²) in [5.41, 5.74) is 8.19. The van der Waals surface area contributed by atoms with Crippen molar-refractivity contribution >= 4 is 11.6 Å². The third-order valence-electron chi connectivity index (χ3n) is 3.27. The normalized spacial score (nSPS) is 13.1. The molecule has 0 radical (unpaired) electrons. The average Bonchev–Trinajstić information content (AvgIpc) is 2.99. The average molecular weight is 285 g/mol. The quantitative estimate of drug-likeness (QED) is 0.633. The molecule has 0 spiro atoms. The fourth-order valence-electron chi connectivity index (χ4n) is 2.05. The molecule has 5 heteroatoms. The Balaban J connectivity index is 1.82. The fraction of sp³-hybridized carbons (Fsp3) is 0.375. The molecule has 1 atom stereocenters. The molecule has 1 heterocycles. The molecule has 21 heavy (non-hydrogen) atoms. The van der Waals surface area contributed by atoms with Crippen molar-refractivity contribution in [2.75, 3.05) is 11.9 Å². The number of benzene rings is 1. The van der Waals surface area contributed by atoms with Crippen LogP contribution in [-0.4, -0.2) is 22.3 Å². The molecule has 1 aromatic heterocycles. The Hall–Kier alpha value is -2.30. The number of aryl methyl sites for hydroxylation is 1. The van der Waals surface area contributed by atoms with Crippen LogP contribution in [0.3, 0.4) is 0 Å². The van der Waals surface area contributed by atoms with E-state index in [9.17, 15) is 0 Å². The van der Waals surface area contributed by atoms with Gasteiger partial charge in [-0.15, -0.1) is 0 Å². The maximum Gasteiger partial charge on any atom is 0.193 e. The molecule has 0 aliphatic rings. The van der Waals surface area contributed by atoms with Crippen molar-refractivity contribution in [1.29, 1.82) is 0 Å². The molecule has 0 bridgehead atoms. The third kappa shape index (κ3) is 4.95. The second-order valence-corrected chi connectivity index (χ2v) is 5.23. The first-order valence-electron chi connectivity index (χ1n) is 7.30. The van der Waals surface area contributed by atoms with Crippen LogP contribution < -0.4 is 11.1 Å². The van der Waals surface area contributed by atoms with Gasteiger partial charge in [0.2, 0.25) is 0 Å². The summed E-state index contributed by atoms with van der Waals surface area (Å²) in [5, 5.41) is 7.30. The van der Waals surface area contributed by atoms with Crippen LogP contribution in [0.1, 0.15) is 19.4 Å². The predicted molar refractivity (Wildman–Crippen MR) is 87.3 cm³/mol. The highest BCUT2D eigenvalue weighted by Crippen LogP contribution is 2.09. The number of nitrogens with two attached hydrogens (primary N) is 1. The van der Waals surface area contributed by atoms with Gasteiger partial charge in [-0.25, -0.2) is 0 Å². The van der Waals surface area contributed by atoms with Crippen molar-refractivity contribution in [3.05, 3.63) is 48.3 Å². The van der Waals surface area contributed by atoms with Crippen LogP contribution in [0.25, 0.3) is 0 Å². The fourth-order valence-corrected chi connectivity index (χ4v) is 2.05. The number of nitrogens with zero attached hydrogens (tertiary/aromatic N) is 3. The third-order valence-corrected chi connectivity index (χ3v) is 3.27. The summed E-state index contributed by atoms with van der Waals surface area (Å²) in [6.45, 7) is 5.79. The zero-order chi connectivity index (χ0) is 15.1. The number of hydrogen-bond acceptors (Lipinski definition) is 2. The standard InChI is InChI=1S/C16H23N5/c1-3-14-5-7-15(8-6-14)20-16(17)18-11-13(2)12-21-10-4-9-19-21/h4-10,13H,3,11-12H2,1-2H3,(H3,17,18,20)/t13-/m1/s1. The van der Waals surface area contributed by atoms with E-state index in [1.807, 2.05) is 29.1 Å². The van der Waals surface area contributed by atoms with Gasteiger partial charge < -0.3 is 11.1 Å². The van der Waals surface area contributed by atoms with Gasteiger partial charge in [0.15, 0.2) is 5.96 Å². The molecule has 1 aromatic carbocycles. The first-order chi connectivity index (χ1) is 10.2. The molecular formula is C16H23N5. The van der Waals surface area contributed by atoms with Gasteiger partial charge in [0.25, 0.3) is 0 Å². The Morgan fingerprint density at radius 1 is 1.38 bits per heavy atom. The van der Waals surface area contributed by atoms with Gasteiger partial charge in [-0.1, -0.05) is 26.0 Å². The lowest BCUT2D eigenvalue weighted by Crippen LogP contribution is -2.24. The number of rotatable bonds is 6. The van der Waals surface area contributed by atoms with Crippen molar-refractivity contribution in [3.8, 4) is 0 Å². The van der Waals surface area contributed by atoms with Gasteiger partial charge in [0, 0.05) is 31.2 Å². The van der Waals surface area contributed by atoms with Crippen LogP contribution in [0.2, 0.25) is 0 Å². The SMILES string of the molecule is CCc1ccc(NC(N)=NC[C@@H](C)Cn2cccn2)cc1. The number of guanidine groups is 1. The molecule has 0 unspecified atom stereocenters. The molecule has 0 aliphatic carbocycles. The maximum absolute atomic E-state index is 5.91. The minimum Gasteiger partial charge on any atom is -0.370 e. The maximum atomic E-state index is 5.91. The summed E-state index contributed by atoms with van der Waals surface area (Å²) >= 11 is 0. The molecule has 2 aromatic rings. The molecule has 0 fully saturated rings. The lowest BCUT2D eigenvalue weighted by molar-refractivity contribution is 0.459. The van der Waals surface area contributed by atoms with Crippen molar-refractivity contribution in [1.82, 2.24) is 9.78 Å².